The van der Waals surface area contributed by atoms with E-state index < -0.39 is 0 Å². The van der Waals surface area contributed by atoms with Crippen molar-refractivity contribution >= 4 is 11.6 Å². The van der Waals surface area contributed by atoms with Crippen LogP contribution in [0.5, 0.6) is 11.5 Å². The Bertz CT molecular complexity index is 521. The highest BCUT2D eigenvalue weighted by Gasteiger charge is 2.24. The summed E-state index contributed by atoms with van der Waals surface area (Å²) in [5.74, 6) is 1.49. The Balaban J connectivity index is 0.00000288. The van der Waals surface area contributed by atoms with Gasteiger partial charge in [-0.3, -0.25) is 9.69 Å². The summed E-state index contributed by atoms with van der Waals surface area (Å²) in [6.45, 7) is 9.21. The normalized spacial score (nSPS) is 14.0. The van der Waals surface area contributed by atoms with Crippen molar-refractivity contribution in [2.24, 2.45) is 0 Å². The van der Waals surface area contributed by atoms with Crippen molar-refractivity contribution in [2.75, 3.05) is 31.6 Å². The van der Waals surface area contributed by atoms with Gasteiger partial charge < -0.3 is 27.2 Å². The lowest BCUT2D eigenvalue weighted by Crippen LogP contribution is -3.00. The van der Waals surface area contributed by atoms with Crippen molar-refractivity contribution in [1.82, 2.24) is 4.90 Å². The first-order chi connectivity index (χ1) is 11.2. The van der Waals surface area contributed by atoms with E-state index in [1.54, 1.807) is 0 Å². The molecule has 2 rings (SSSR count). The molecule has 0 spiro atoms. The Hall–Kier alpha value is -1.46. The van der Waals surface area contributed by atoms with Crippen LogP contribution in [0.3, 0.4) is 0 Å². The molecular weight excluding hydrogens is 328 g/mol. The minimum atomic E-state index is -0.0850. The SMILES string of the molecule is CCCCC(C(=O)Nc1ccc2c(c1)OCCO2)N(CC)CC.[Cl-]. The van der Waals surface area contributed by atoms with Crippen LogP contribution >= 0.6 is 0 Å². The zero-order chi connectivity index (χ0) is 16.7. The van der Waals surface area contributed by atoms with E-state index in [2.05, 4.69) is 31.0 Å². The molecule has 1 N–H and O–H groups in total. The number of hydrogen-bond acceptors (Lipinski definition) is 4. The van der Waals surface area contributed by atoms with Crippen molar-refractivity contribution in [3.8, 4) is 11.5 Å². The highest BCUT2D eigenvalue weighted by Crippen LogP contribution is 2.32. The molecule has 1 aromatic carbocycles. The van der Waals surface area contributed by atoms with Gasteiger partial charge in [0.15, 0.2) is 11.5 Å². The number of likely N-dealkylation sites (N-methyl/N-ethyl adjacent to an activating group) is 1. The molecule has 1 unspecified atom stereocenters. The predicted octanol–water partition coefficient (Wildman–Crippen LogP) is 0.301. The summed E-state index contributed by atoms with van der Waals surface area (Å²) in [4.78, 5) is 14.9. The number of nitrogens with zero attached hydrogens (tertiary/aromatic N) is 1. The third kappa shape index (κ3) is 5.28. The number of carbonyl (C=O) groups excluding carboxylic acids is 1. The summed E-state index contributed by atoms with van der Waals surface area (Å²) >= 11 is 0. The standard InChI is InChI=1S/C18H28N2O3.ClH/c1-4-7-8-15(20(5-2)6-3)18(21)19-14-9-10-16-17(13-14)23-12-11-22-16;/h9-10,13,15H,4-8,11-12H2,1-3H3,(H,19,21);1H/p-1. The number of ether oxygens (including phenoxy) is 2. The fraction of sp³-hybridized carbons (Fsp3) is 0.611. The summed E-state index contributed by atoms with van der Waals surface area (Å²) in [6.07, 6.45) is 3.03. The molecule has 1 heterocycles. The molecular formula is C18H28ClN2O3-. The fourth-order valence-corrected chi connectivity index (χ4v) is 2.89. The molecule has 0 aromatic heterocycles. The highest BCUT2D eigenvalue weighted by molar-refractivity contribution is 5.95. The Labute approximate surface area is 151 Å². The van der Waals surface area contributed by atoms with Gasteiger partial charge in [-0.2, -0.15) is 0 Å². The Morgan fingerprint density at radius 3 is 2.46 bits per heavy atom. The van der Waals surface area contributed by atoms with E-state index in [9.17, 15) is 4.79 Å². The smallest absolute Gasteiger partial charge is 0.241 e. The first-order valence-corrected chi connectivity index (χ1v) is 8.64. The molecule has 24 heavy (non-hydrogen) atoms. The lowest BCUT2D eigenvalue weighted by Gasteiger charge is -2.28. The third-order valence-electron chi connectivity index (χ3n) is 4.20. The lowest BCUT2D eigenvalue weighted by atomic mass is 10.1. The van der Waals surface area contributed by atoms with E-state index in [0.29, 0.717) is 19.0 Å². The second-order valence-corrected chi connectivity index (χ2v) is 5.73. The van der Waals surface area contributed by atoms with Crippen molar-refractivity contribution in [3.05, 3.63) is 18.2 Å². The van der Waals surface area contributed by atoms with Crippen molar-refractivity contribution in [2.45, 2.75) is 46.1 Å². The molecule has 1 amide bonds. The van der Waals surface area contributed by atoms with Crippen LogP contribution in [-0.2, 0) is 4.79 Å². The molecule has 5 nitrogen and oxygen atoms in total. The number of halogens is 1. The van der Waals surface area contributed by atoms with Crippen molar-refractivity contribution < 1.29 is 26.7 Å². The molecule has 0 radical (unpaired) electrons. The van der Waals surface area contributed by atoms with Crippen molar-refractivity contribution in [3.63, 3.8) is 0 Å². The van der Waals surface area contributed by atoms with Gasteiger partial charge >= 0.3 is 0 Å². The minimum absolute atomic E-state index is 0. The largest absolute Gasteiger partial charge is 1.00 e. The Kier molecular flexibility index (Phi) is 8.93. The van der Waals surface area contributed by atoms with Gasteiger partial charge in [0.05, 0.1) is 6.04 Å². The number of fused-ring (bicyclic) bond motifs is 1. The van der Waals surface area contributed by atoms with Gasteiger partial charge in [0.1, 0.15) is 13.2 Å². The van der Waals surface area contributed by atoms with Crippen molar-refractivity contribution in [1.29, 1.82) is 0 Å². The highest BCUT2D eigenvalue weighted by atomic mass is 35.5. The zero-order valence-electron chi connectivity index (χ0n) is 14.8. The number of carbonyl (C=O) groups is 1. The number of hydrogen-bond donors (Lipinski definition) is 1. The van der Waals surface area contributed by atoms with E-state index in [-0.39, 0.29) is 24.4 Å². The fourth-order valence-electron chi connectivity index (χ4n) is 2.89. The van der Waals surface area contributed by atoms with Crippen LogP contribution in [0.1, 0.15) is 40.0 Å². The van der Waals surface area contributed by atoms with E-state index in [4.69, 9.17) is 9.47 Å². The maximum Gasteiger partial charge on any atom is 0.241 e. The molecule has 136 valence electrons. The topological polar surface area (TPSA) is 50.8 Å². The molecule has 0 aliphatic carbocycles. The van der Waals surface area contributed by atoms with Gasteiger partial charge in [-0.1, -0.05) is 33.6 Å². The molecule has 1 aliphatic rings. The number of unbranched alkanes of at least 4 members (excludes halogenated alkanes) is 1. The van der Waals surface area contributed by atoms with Gasteiger partial charge in [-0.05, 0) is 31.6 Å². The molecule has 6 heteroatoms. The summed E-state index contributed by atoms with van der Waals surface area (Å²) < 4.78 is 11.1. The monoisotopic (exact) mass is 355 g/mol. The van der Waals surface area contributed by atoms with Gasteiger partial charge in [-0.15, -0.1) is 0 Å². The van der Waals surface area contributed by atoms with Gasteiger partial charge in [0.2, 0.25) is 5.91 Å². The second-order valence-electron chi connectivity index (χ2n) is 5.73. The summed E-state index contributed by atoms with van der Waals surface area (Å²) in [5.41, 5.74) is 0.757. The van der Waals surface area contributed by atoms with E-state index >= 15 is 0 Å². The summed E-state index contributed by atoms with van der Waals surface area (Å²) in [6, 6.07) is 5.47. The van der Waals surface area contributed by atoms with E-state index in [1.165, 1.54) is 0 Å². The van der Waals surface area contributed by atoms with Crippen LogP contribution in [0.25, 0.3) is 0 Å². The van der Waals surface area contributed by atoms with E-state index in [1.807, 2.05) is 18.2 Å². The molecule has 0 fully saturated rings. The number of amides is 1. The van der Waals surface area contributed by atoms with Crippen LogP contribution in [0, 0.1) is 0 Å². The third-order valence-corrected chi connectivity index (χ3v) is 4.20. The summed E-state index contributed by atoms with van der Waals surface area (Å²) in [7, 11) is 0. The molecule has 1 atom stereocenters. The average Bonchev–Trinajstić information content (AvgIpc) is 2.58. The maximum absolute atomic E-state index is 12.7. The Morgan fingerprint density at radius 2 is 1.83 bits per heavy atom. The van der Waals surface area contributed by atoms with E-state index in [0.717, 1.165) is 43.8 Å². The quantitative estimate of drug-likeness (QED) is 0.729. The van der Waals surface area contributed by atoms with Crippen LogP contribution in [0.15, 0.2) is 18.2 Å². The number of rotatable bonds is 8. The first kappa shape index (κ1) is 20.6. The van der Waals surface area contributed by atoms with Crippen LogP contribution < -0.4 is 27.2 Å². The number of anilines is 1. The van der Waals surface area contributed by atoms with Gasteiger partial charge in [0, 0.05) is 11.8 Å². The molecule has 0 saturated heterocycles. The molecule has 0 saturated carbocycles. The van der Waals surface area contributed by atoms with Gasteiger partial charge in [-0.25, -0.2) is 0 Å². The van der Waals surface area contributed by atoms with Crippen LogP contribution in [0.2, 0.25) is 0 Å². The molecule has 1 aliphatic heterocycles. The van der Waals surface area contributed by atoms with Crippen LogP contribution in [-0.4, -0.2) is 43.2 Å². The molecule has 1 aromatic rings. The Morgan fingerprint density at radius 1 is 1.17 bits per heavy atom. The maximum atomic E-state index is 12.7. The number of benzene rings is 1. The first-order valence-electron chi connectivity index (χ1n) is 8.64. The zero-order valence-corrected chi connectivity index (χ0v) is 15.6. The van der Waals surface area contributed by atoms with Gasteiger partial charge in [0.25, 0.3) is 0 Å². The lowest BCUT2D eigenvalue weighted by molar-refractivity contribution is -0.121. The number of nitrogens with one attached hydrogen (secondary N) is 1. The second kappa shape index (κ2) is 10.4. The summed E-state index contributed by atoms with van der Waals surface area (Å²) in [5, 5.41) is 3.03. The van der Waals surface area contributed by atoms with Crippen LogP contribution in [0.4, 0.5) is 5.69 Å². The minimum Gasteiger partial charge on any atom is -1.00 e. The predicted molar refractivity (Wildman–Crippen MR) is 92.3 cm³/mol. The molecule has 0 bridgehead atoms. The average molecular weight is 356 g/mol.